The lowest BCUT2D eigenvalue weighted by Crippen LogP contribution is -2.21. The minimum Gasteiger partial charge on any atom is -0.475 e. The highest BCUT2D eigenvalue weighted by molar-refractivity contribution is 7.18. The summed E-state index contributed by atoms with van der Waals surface area (Å²) in [5.41, 5.74) is 6.59. The zero-order valence-corrected chi connectivity index (χ0v) is 25.6. The Morgan fingerprint density at radius 1 is 0.872 bits per heavy atom. The highest BCUT2D eigenvalue weighted by Gasteiger charge is 2.38. The van der Waals surface area contributed by atoms with Crippen molar-refractivity contribution in [2.75, 3.05) is 0 Å². The maximum Gasteiger partial charge on any atom is 0.490 e. The Bertz CT molecular complexity index is 2010. The lowest BCUT2D eigenvalue weighted by Gasteiger charge is -2.08. The summed E-state index contributed by atoms with van der Waals surface area (Å²) in [5, 5.41) is 14.7. The van der Waals surface area contributed by atoms with Gasteiger partial charge in [-0.1, -0.05) is 41.6 Å². The number of carboxylic acids is 1. The van der Waals surface area contributed by atoms with Crippen molar-refractivity contribution in [3.63, 3.8) is 0 Å². The lowest BCUT2D eigenvalue weighted by molar-refractivity contribution is -0.192. The third-order valence-corrected chi connectivity index (χ3v) is 8.15. The fraction of sp³-hybridized carbons (Fsp3) is 0.182. The first-order valence-corrected chi connectivity index (χ1v) is 14.8. The van der Waals surface area contributed by atoms with Gasteiger partial charge in [-0.3, -0.25) is 0 Å². The van der Waals surface area contributed by atoms with Gasteiger partial charge in [0.15, 0.2) is 0 Å². The Hall–Kier alpha value is -4.95. The number of H-pyrrole nitrogens is 1. The number of hydrogen-bond donors (Lipinski definition) is 3. The van der Waals surface area contributed by atoms with Gasteiger partial charge in [-0.05, 0) is 78.6 Å². The summed E-state index contributed by atoms with van der Waals surface area (Å²) >= 11 is 1.55. The summed E-state index contributed by atoms with van der Waals surface area (Å²) in [4.78, 5) is 18.4. The van der Waals surface area contributed by atoms with E-state index in [1.165, 1.54) is 11.6 Å². The second kappa shape index (κ2) is 13.4. The normalized spacial score (nSPS) is 11.8. The highest BCUT2D eigenvalue weighted by atomic mass is 32.1. The van der Waals surface area contributed by atoms with Crippen molar-refractivity contribution >= 4 is 28.3 Å². The molecule has 6 rings (SSSR count). The van der Waals surface area contributed by atoms with Gasteiger partial charge in [0, 0.05) is 23.5 Å². The van der Waals surface area contributed by atoms with Crippen LogP contribution in [0.15, 0.2) is 83.4 Å². The molecule has 0 aliphatic rings. The number of carbonyl (C=O) groups is 1. The summed E-state index contributed by atoms with van der Waals surface area (Å²) < 4.78 is 76.3. The van der Waals surface area contributed by atoms with Crippen LogP contribution in [-0.2, 0) is 24.1 Å². The Morgan fingerprint density at radius 2 is 1.49 bits per heavy atom. The van der Waals surface area contributed by atoms with Crippen LogP contribution >= 0.6 is 11.3 Å². The average molecular weight is 673 g/mol. The van der Waals surface area contributed by atoms with Gasteiger partial charge in [-0.15, -0.1) is 11.3 Å². The second-order valence-electron chi connectivity index (χ2n) is 10.5. The molecule has 0 aliphatic carbocycles. The molecule has 0 unspecified atom stereocenters. The van der Waals surface area contributed by atoms with Crippen molar-refractivity contribution in [2.45, 2.75) is 39.3 Å². The van der Waals surface area contributed by atoms with Gasteiger partial charge in [0.05, 0.1) is 27.2 Å². The van der Waals surface area contributed by atoms with Crippen LogP contribution in [0.25, 0.3) is 43.3 Å². The molecule has 0 fully saturated rings. The van der Waals surface area contributed by atoms with E-state index in [1.807, 2.05) is 38.1 Å². The predicted molar refractivity (Wildman–Crippen MR) is 165 cm³/mol. The molecule has 0 spiro atoms. The third kappa shape index (κ3) is 8.07. The summed E-state index contributed by atoms with van der Waals surface area (Å²) in [6, 6.07) is 24.2. The number of nitrogens with one attached hydrogen (secondary N) is 2. The summed E-state index contributed by atoms with van der Waals surface area (Å²) in [5.74, 6) is -1.39. The van der Waals surface area contributed by atoms with Crippen molar-refractivity contribution in [1.82, 2.24) is 20.4 Å². The minimum absolute atomic E-state index is 0.366. The summed E-state index contributed by atoms with van der Waals surface area (Å²) in [6.07, 6.45) is -9.48. The van der Waals surface area contributed by atoms with Crippen LogP contribution in [0.4, 0.5) is 26.3 Å². The number of aromatic nitrogens is 3. The fourth-order valence-electron chi connectivity index (χ4n) is 4.84. The lowest BCUT2D eigenvalue weighted by atomic mass is 10.0. The monoisotopic (exact) mass is 672 g/mol. The molecular formula is C33H26F6N4O3S. The highest BCUT2D eigenvalue weighted by Crippen LogP contribution is 2.36. The van der Waals surface area contributed by atoms with Crippen LogP contribution in [0, 0.1) is 13.8 Å². The van der Waals surface area contributed by atoms with Crippen LogP contribution in [0.3, 0.4) is 0 Å². The molecule has 3 N–H and O–H groups in total. The van der Waals surface area contributed by atoms with E-state index in [-0.39, 0.29) is 0 Å². The molecule has 7 nitrogen and oxygen atoms in total. The predicted octanol–water partition coefficient (Wildman–Crippen LogP) is 9.17. The molecule has 0 saturated heterocycles. The number of aryl methyl sites for hydroxylation is 2. The molecule has 3 heterocycles. The Kier molecular flexibility index (Phi) is 9.54. The first-order chi connectivity index (χ1) is 22.2. The first-order valence-electron chi connectivity index (χ1n) is 14.0. The zero-order chi connectivity index (χ0) is 33.9. The van der Waals surface area contributed by atoms with Crippen molar-refractivity contribution in [3.8, 4) is 32.3 Å². The number of imidazole rings is 1. The molecule has 0 atom stereocenters. The molecule has 3 aromatic carbocycles. The van der Waals surface area contributed by atoms with Crippen molar-refractivity contribution in [3.05, 3.63) is 107 Å². The van der Waals surface area contributed by atoms with E-state index in [1.54, 1.807) is 11.3 Å². The van der Waals surface area contributed by atoms with Crippen LogP contribution in [0.5, 0.6) is 0 Å². The molecule has 0 aliphatic heterocycles. The van der Waals surface area contributed by atoms with Crippen LogP contribution in [0.2, 0.25) is 0 Å². The molecule has 0 amide bonds. The molecule has 3 aromatic heterocycles. The molecule has 244 valence electrons. The van der Waals surface area contributed by atoms with Gasteiger partial charge in [0.1, 0.15) is 11.6 Å². The van der Waals surface area contributed by atoms with E-state index in [0.717, 1.165) is 55.6 Å². The van der Waals surface area contributed by atoms with Crippen molar-refractivity contribution in [2.24, 2.45) is 0 Å². The van der Waals surface area contributed by atoms with Crippen LogP contribution in [-0.4, -0.2) is 32.4 Å². The Balaban J connectivity index is 0.000000559. The molecule has 6 aromatic rings. The largest absolute Gasteiger partial charge is 0.490 e. The van der Waals surface area contributed by atoms with Gasteiger partial charge >= 0.3 is 18.3 Å². The molecule has 0 radical (unpaired) electrons. The number of thiophene rings is 1. The van der Waals surface area contributed by atoms with Gasteiger partial charge in [-0.25, -0.2) is 9.78 Å². The number of carboxylic acid groups (broad SMARTS) is 1. The van der Waals surface area contributed by atoms with Crippen molar-refractivity contribution < 1.29 is 40.8 Å². The number of halogens is 6. The smallest absolute Gasteiger partial charge is 0.475 e. The maximum atomic E-state index is 13.1. The quantitative estimate of drug-likeness (QED) is 0.146. The fourth-order valence-corrected chi connectivity index (χ4v) is 5.79. The van der Waals surface area contributed by atoms with Gasteiger partial charge in [-0.2, -0.15) is 26.3 Å². The van der Waals surface area contributed by atoms with E-state index in [4.69, 9.17) is 14.4 Å². The first kappa shape index (κ1) is 33.4. The minimum atomic E-state index is -5.08. The maximum absolute atomic E-state index is 13.1. The zero-order valence-electron chi connectivity index (χ0n) is 24.8. The topological polar surface area (TPSA) is 104 Å². The van der Waals surface area contributed by atoms with Gasteiger partial charge in [0.25, 0.3) is 0 Å². The van der Waals surface area contributed by atoms with Gasteiger partial charge < -0.3 is 19.9 Å². The summed E-state index contributed by atoms with van der Waals surface area (Å²) in [6.45, 7) is 5.29. The number of aromatic amines is 1. The number of hydrogen-bond acceptors (Lipinski definition) is 6. The van der Waals surface area contributed by atoms with E-state index < -0.39 is 23.9 Å². The Labute approximate surface area is 267 Å². The Morgan fingerprint density at radius 3 is 2.09 bits per heavy atom. The van der Waals surface area contributed by atoms with Crippen LogP contribution < -0.4 is 5.32 Å². The SMILES string of the molecule is Cc1noc(C)c1-c1cccc(CNCc2cccc(-c3ccc(-c4nc5ccc(C(F)(F)F)cc5[nH]4)s3)c2)c1.O=C(O)C(F)(F)F. The number of fused-ring (bicyclic) bond motifs is 1. The number of alkyl halides is 6. The summed E-state index contributed by atoms with van der Waals surface area (Å²) in [7, 11) is 0. The van der Waals surface area contributed by atoms with E-state index in [0.29, 0.717) is 29.9 Å². The third-order valence-electron chi connectivity index (χ3n) is 7.01. The molecule has 47 heavy (non-hydrogen) atoms. The van der Waals surface area contributed by atoms with Crippen molar-refractivity contribution in [1.29, 1.82) is 0 Å². The van der Waals surface area contributed by atoms with Gasteiger partial charge in [0.2, 0.25) is 0 Å². The van der Waals surface area contributed by atoms with E-state index in [2.05, 4.69) is 56.8 Å². The van der Waals surface area contributed by atoms with Crippen LogP contribution in [0.1, 0.15) is 28.1 Å². The van der Waals surface area contributed by atoms with E-state index in [9.17, 15) is 26.3 Å². The average Bonchev–Trinajstić information content (AvgIpc) is 3.75. The number of benzene rings is 3. The van der Waals surface area contributed by atoms with E-state index >= 15 is 0 Å². The molecule has 0 bridgehead atoms. The molecule has 0 saturated carbocycles. The number of rotatable bonds is 7. The standard InChI is InChI=1S/C31H25F3N4OS.C2HF3O2/c1-18-29(19(2)39-38-18)23-8-4-6-21(14-23)17-35-16-20-5-3-7-22(13-20)27-11-12-28(40-27)30-36-25-10-9-24(31(32,33)34)15-26(25)37-30;3-2(4,5)1(6)7/h3-15,35H,16-17H2,1-2H3,(H,36,37);(H,6,7). The molecular weight excluding hydrogens is 646 g/mol. The number of aliphatic carboxylic acids is 1. The molecule has 14 heteroatoms. The number of nitrogens with zero attached hydrogens (tertiary/aromatic N) is 2. The second-order valence-corrected chi connectivity index (χ2v) is 11.6.